The van der Waals surface area contributed by atoms with Crippen LogP contribution < -0.4 is 5.32 Å². The monoisotopic (exact) mass is 413 g/mol. The number of hydrogen-bond donors (Lipinski definition) is 1. The summed E-state index contributed by atoms with van der Waals surface area (Å²) in [5, 5.41) is 8.53. The molecule has 1 amide bonds. The molecule has 0 unspecified atom stereocenters. The first kappa shape index (κ1) is 18.1. The molecule has 1 heterocycles. The van der Waals surface area contributed by atoms with Crippen molar-refractivity contribution < 1.29 is 4.79 Å². The van der Waals surface area contributed by atoms with E-state index in [0.717, 1.165) is 0 Å². The topological polar surface area (TPSA) is 46.9 Å². The van der Waals surface area contributed by atoms with Crippen LogP contribution in [0.3, 0.4) is 0 Å². The molecule has 0 saturated heterocycles. The van der Waals surface area contributed by atoms with E-state index in [1.807, 2.05) is 0 Å². The van der Waals surface area contributed by atoms with Crippen LogP contribution in [-0.4, -0.2) is 15.7 Å². The standard InChI is InChI=1S/C17H11Cl4N3O/c18-12-4-2-5-13(19)11(12)9-24-15(7-8-22-24)23-17(25)10-3-1-6-14(20)16(10)21/h1-8H,9H2,(H,23,25). The van der Waals surface area contributed by atoms with Crippen molar-refractivity contribution in [1.29, 1.82) is 0 Å². The summed E-state index contributed by atoms with van der Waals surface area (Å²) in [6.07, 6.45) is 1.57. The first-order valence-corrected chi connectivity index (χ1v) is 8.68. The van der Waals surface area contributed by atoms with Crippen LogP contribution in [0.5, 0.6) is 0 Å². The maximum Gasteiger partial charge on any atom is 0.258 e. The smallest absolute Gasteiger partial charge is 0.258 e. The molecule has 0 aliphatic rings. The van der Waals surface area contributed by atoms with Crippen molar-refractivity contribution in [2.24, 2.45) is 0 Å². The Balaban J connectivity index is 1.85. The molecule has 25 heavy (non-hydrogen) atoms. The zero-order valence-corrected chi connectivity index (χ0v) is 15.7. The van der Waals surface area contributed by atoms with E-state index < -0.39 is 0 Å². The van der Waals surface area contributed by atoms with Gasteiger partial charge in [0.15, 0.2) is 0 Å². The molecule has 4 nitrogen and oxygen atoms in total. The molecule has 8 heteroatoms. The number of carbonyl (C=O) groups excluding carboxylic acids is 1. The third-order valence-electron chi connectivity index (χ3n) is 3.52. The third kappa shape index (κ3) is 3.93. The fraction of sp³-hybridized carbons (Fsp3) is 0.0588. The summed E-state index contributed by atoms with van der Waals surface area (Å²) < 4.78 is 1.59. The molecule has 3 rings (SSSR count). The lowest BCUT2D eigenvalue weighted by molar-refractivity contribution is 0.102. The summed E-state index contributed by atoms with van der Waals surface area (Å²) in [5.41, 5.74) is 0.989. The van der Waals surface area contributed by atoms with Gasteiger partial charge >= 0.3 is 0 Å². The van der Waals surface area contributed by atoms with Gasteiger partial charge in [-0.3, -0.25) is 4.79 Å². The van der Waals surface area contributed by atoms with E-state index in [4.69, 9.17) is 46.4 Å². The highest BCUT2D eigenvalue weighted by molar-refractivity contribution is 6.44. The van der Waals surface area contributed by atoms with E-state index in [2.05, 4.69) is 10.4 Å². The van der Waals surface area contributed by atoms with Crippen molar-refractivity contribution in [2.45, 2.75) is 6.54 Å². The molecule has 0 aliphatic carbocycles. The lowest BCUT2D eigenvalue weighted by Gasteiger charge is -2.12. The Kier molecular flexibility index (Phi) is 5.54. The Labute approximate surface area is 164 Å². The van der Waals surface area contributed by atoms with Gasteiger partial charge in [0.25, 0.3) is 5.91 Å². The molecule has 2 aromatic carbocycles. The number of aromatic nitrogens is 2. The zero-order valence-electron chi connectivity index (χ0n) is 12.6. The average molecular weight is 415 g/mol. The van der Waals surface area contributed by atoms with E-state index in [9.17, 15) is 4.79 Å². The highest BCUT2D eigenvalue weighted by Gasteiger charge is 2.16. The van der Waals surface area contributed by atoms with Gasteiger partial charge in [-0.15, -0.1) is 0 Å². The van der Waals surface area contributed by atoms with Gasteiger partial charge in [0.2, 0.25) is 0 Å². The van der Waals surface area contributed by atoms with Gasteiger partial charge < -0.3 is 5.32 Å². The van der Waals surface area contributed by atoms with E-state index in [1.165, 1.54) is 0 Å². The first-order chi connectivity index (χ1) is 12.0. The number of carbonyl (C=O) groups is 1. The fourth-order valence-corrected chi connectivity index (χ4v) is 3.16. The van der Waals surface area contributed by atoms with Gasteiger partial charge in [0, 0.05) is 21.7 Å². The van der Waals surface area contributed by atoms with Gasteiger partial charge in [-0.25, -0.2) is 4.68 Å². The molecule has 0 radical (unpaired) electrons. The highest BCUT2D eigenvalue weighted by Crippen LogP contribution is 2.28. The highest BCUT2D eigenvalue weighted by atomic mass is 35.5. The van der Waals surface area contributed by atoms with Crippen molar-refractivity contribution in [2.75, 3.05) is 5.32 Å². The predicted molar refractivity (Wildman–Crippen MR) is 102 cm³/mol. The van der Waals surface area contributed by atoms with E-state index >= 15 is 0 Å². The van der Waals surface area contributed by atoms with Crippen LogP contribution >= 0.6 is 46.4 Å². The van der Waals surface area contributed by atoms with Gasteiger partial charge in [0.05, 0.1) is 28.4 Å². The van der Waals surface area contributed by atoms with Gasteiger partial charge in [0.1, 0.15) is 5.82 Å². The molecule has 0 spiro atoms. The second-order valence-electron chi connectivity index (χ2n) is 5.13. The second kappa shape index (κ2) is 7.67. The lowest BCUT2D eigenvalue weighted by Crippen LogP contribution is -2.17. The SMILES string of the molecule is O=C(Nc1ccnn1Cc1c(Cl)cccc1Cl)c1cccc(Cl)c1Cl. The minimum absolute atomic E-state index is 0.196. The lowest BCUT2D eigenvalue weighted by atomic mass is 10.2. The number of nitrogens with one attached hydrogen (secondary N) is 1. The summed E-state index contributed by atoms with van der Waals surface area (Å²) in [4.78, 5) is 12.5. The average Bonchev–Trinajstić information content (AvgIpc) is 3.00. The number of hydrogen-bond acceptors (Lipinski definition) is 2. The Morgan fingerprint density at radius 2 is 1.60 bits per heavy atom. The van der Waals surface area contributed by atoms with Crippen LogP contribution in [0.1, 0.15) is 15.9 Å². The van der Waals surface area contributed by atoms with Gasteiger partial charge in [-0.2, -0.15) is 5.10 Å². The van der Waals surface area contributed by atoms with E-state index in [1.54, 1.807) is 53.3 Å². The summed E-state index contributed by atoms with van der Waals surface area (Å²) in [6, 6.07) is 11.8. The second-order valence-corrected chi connectivity index (χ2v) is 6.73. The Morgan fingerprint density at radius 3 is 2.32 bits per heavy atom. The summed E-state index contributed by atoms with van der Waals surface area (Å²) in [7, 11) is 0. The van der Waals surface area contributed by atoms with E-state index in [-0.39, 0.29) is 16.5 Å². The first-order valence-electron chi connectivity index (χ1n) is 7.17. The molecular formula is C17H11Cl4N3O. The van der Waals surface area contributed by atoms with Crippen LogP contribution in [0, 0.1) is 0 Å². The van der Waals surface area contributed by atoms with Crippen LogP contribution in [0.2, 0.25) is 20.1 Å². The fourth-order valence-electron chi connectivity index (χ4n) is 2.26. The molecule has 0 saturated carbocycles. The predicted octanol–water partition coefficient (Wildman–Crippen LogP) is 5.80. The van der Waals surface area contributed by atoms with Crippen molar-refractivity contribution in [3.05, 3.63) is 79.9 Å². The van der Waals surface area contributed by atoms with Crippen LogP contribution in [0.15, 0.2) is 48.7 Å². The molecular weight excluding hydrogens is 404 g/mol. The van der Waals surface area contributed by atoms with Crippen molar-refractivity contribution in [3.8, 4) is 0 Å². The molecule has 3 aromatic rings. The Hall–Kier alpha value is -1.72. The quantitative estimate of drug-likeness (QED) is 0.586. The van der Waals surface area contributed by atoms with Crippen molar-refractivity contribution >= 4 is 58.1 Å². The van der Waals surface area contributed by atoms with Gasteiger partial charge in [-0.05, 0) is 24.3 Å². The van der Waals surface area contributed by atoms with E-state index in [0.29, 0.717) is 33.0 Å². The minimum Gasteiger partial charge on any atom is -0.307 e. The summed E-state index contributed by atoms with van der Waals surface area (Å²) in [5.74, 6) is 0.0940. The van der Waals surface area contributed by atoms with Crippen LogP contribution in [0.4, 0.5) is 5.82 Å². The van der Waals surface area contributed by atoms with Crippen LogP contribution in [0.25, 0.3) is 0 Å². The number of anilines is 1. The molecule has 1 aromatic heterocycles. The van der Waals surface area contributed by atoms with Crippen molar-refractivity contribution in [3.63, 3.8) is 0 Å². The number of rotatable bonds is 4. The minimum atomic E-state index is -0.389. The third-order valence-corrected chi connectivity index (χ3v) is 5.05. The summed E-state index contributed by atoms with van der Waals surface area (Å²) in [6.45, 7) is 0.310. The maximum atomic E-state index is 12.5. The molecule has 0 atom stereocenters. The molecule has 0 aliphatic heterocycles. The number of halogens is 4. The Bertz CT molecular complexity index is 919. The summed E-state index contributed by atoms with van der Waals surface area (Å²) >= 11 is 24.4. The van der Waals surface area contributed by atoms with Crippen molar-refractivity contribution in [1.82, 2.24) is 9.78 Å². The zero-order chi connectivity index (χ0) is 18.0. The molecule has 0 fully saturated rings. The molecule has 0 bridgehead atoms. The largest absolute Gasteiger partial charge is 0.307 e. The molecule has 1 N–H and O–H groups in total. The number of nitrogens with zero attached hydrogens (tertiary/aromatic N) is 2. The normalized spacial score (nSPS) is 10.7. The Morgan fingerprint density at radius 1 is 0.960 bits per heavy atom. The van der Waals surface area contributed by atoms with Crippen LogP contribution in [-0.2, 0) is 6.54 Å². The maximum absolute atomic E-state index is 12.5. The van der Waals surface area contributed by atoms with Gasteiger partial charge in [-0.1, -0.05) is 58.5 Å². The number of benzene rings is 2. The number of amides is 1. The molecule has 128 valence electrons.